The molecule has 2 aromatic rings. The summed E-state index contributed by atoms with van der Waals surface area (Å²) >= 11 is 0. The van der Waals surface area contributed by atoms with Crippen molar-refractivity contribution in [3.63, 3.8) is 0 Å². The van der Waals surface area contributed by atoms with Crippen molar-refractivity contribution in [1.29, 1.82) is 0 Å². The molecular formula is C13H15F2N3. The molecule has 1 aromatic heterocycles. The summed E-state index contributed by atoms with van der Waals surface area (Å²) < 4.78 is 26.6. The molecule has 96 valence electrons. The van der Waals surface area contributed by atoms with Crippen LogP contribution in [0, 0.1) is 11.6 Å². The van der Waals surface area contributed by atoms with E-state index in [1.54, 1.807) is 25.5 Å². The van der Waals surface area contributed by atoms with Gasteiger partial charge in [0.1, 0.15) is 5.82 Å². The lowest BCUT2D eigenvalue weighted by molar-refractivity contribution is 0.480. The molecule has 0 saturated carbocycles. The second kappa shape index (κ2) is 5.73. The van der Waals surface area contributed by atoms with Crippen LogP contribution in [0.2, 0.25) is 0 Å². The van der Waals surface area contributed by atoms with Crippen LogP contribution in [0.1, 0.15) is 11.4 Å². The van der Waals surface area contributed by atoms with Crippen molar-refractivity contribution in [1.82, 2.24) is 15.3 Å². The Balaban J connectivity index is 2.08. The van der Waals surface area contributed by atoms with Gasteiger partial charge in [0.15, 0.2) is 11.6 Å². The number of halogens is 2. The standard InChI is InChI=1S/C13H15F2N3/c1-16-10(8-12-17-5-6-18-12)7-9-3-2-4-11(14)13(9)15/h2-6,10,16H,7-8H2,1H3,(H,17,18). The average Bonchev–Trinajstić information content (AvgIpc) is 2.86. The molecular weight excluding hydrogens is 236 g/mol. The van der Waals surface area contributed by atoms with E-state index < -0.39 is 11.6 Å². The molecule has 2 rings (SSSR count). The first-order valence-electron chi connectivity index (χ1n) is 5.79. The van der Waals surface area contributed by atoms with Gasteiger partial charge in [-0.1, -0.05) is 12.1 Å². The normalized spacial score (nSPS) is 12.6. The second-order valence-electron chi connectivity index (χ2n) is 4.14. The maximum atomic E-state index is 13.6. The van der Waals surface area contributed by atoms with Crippen molar-refractivity contribution in [2.24, 2.45) is 0 Å². The van der Waals surface area contributed by atoms with Gasteiger partial charge in [-0.25, -0.2) is 13.8 Å². The minimum absolute atomic E-state index is 0.00690. The summed E-state index contributed by atoms with van der Waals surface area (Å²) in [6, 6.07) is 4.25. The molecule has 5 heteroatoms. The van der Waals surface area contributed by atoms with Crippen molar-refractivity contribution >= 4 is 0 Å². The van der Waals surface area contributed by atoms with Gasteiger partial charge in [0.05, 0.1) is 0 Å². The summed E-state index contributed by atoms with van der Waals surface area (Å²) in [6.07, 6.45) is 4.47. The fourth-order valence-electron chi connectivity index (χ4n) is 1.89. The highest BCUT2D eigenvalue weighted by atomic mass is 19.2. The maximum Gasteiger partial charge on any atom is 0.162 e. The zero-order chi connectivity index (χ0) is 13.0. The third-order valence-corrected chi connectivity index (χ3v) is 2.90. The lowest BCUT2D eigenvalue weighted by Crippen LogP contribution is -2.30. The number of rotatable bonds is 5. The number of aromatic amines is 1. The molecule has 18 heavy (non-hydrogen) atoms. The third kappa shape index (κ3) is 2.92. The van der Waals surface area contributed by atoms with Gasteiger partial charge in [0, 0.05) is 24.9 Å². The zero-order valence-corrected chi connectivity index (χ0v) is 10.1. The van der Waals surface area contributed by atoms with Crippen LogP contribution >= 0.6 is 0 Å². The Kier molecular flexibility index (Phi) is 4.04. The van der Waals surface area contributed by atoms with E-state index in [0.717, 1.165) is 11.9 Å². The van der Waals surface area contributed by atoms with Crippen LogP contribution in [0.3, 0.4) is 0 Å². The van der Waals surface area contributed by atoms with Crippen LogP contribution in [0.25, 0.3) is 0 Å². The fourth-order valence-corrected chi connectivity index (χ4v) is 1.89. The average molecular weight is 251 g/mol. The molecule has 0 aliphatic rings. The topological polar surface area (TPSA) is 40.7 Å². The number of nitrogens with zero attached hydrogens (tertiary/aromatic N) is 1. The van der Waals surface area contributed by atoms with Crippen molar-refractivity contribution in [3.05, 3.63) is 53.6 Å². The quantitative estimate of drug-likeness (QED) is 0.854. The molecule has 0 saturated heterocycles. The molecule has 1 aromatic carbocycles. The molecule has 0 amide bonds. The number of H-pyrrole nitrogens is 1. The van der Waals surface area contributed by atoms with Gasteiger partial charge < -0.3 is 10.3 Å². The van der Waals surface area contributed by atoms with Gasteiger partial charge in [0.2, 0.25) is 0 Å². The number of aromatic nitrogens is 2. The van der Waals surface area contributed by atoms with Crippen molar-refractivity contribution in [2.75, 3.05) is 7.05 Å². The van der Waals surface area contributed by atoms with Gasteiger partial charge in [-0.15, -0.1) is 0 Å². The van der Waals surface area contributed by atoms with E-state index in [1.165, 1.54) is 6.07 Å². The Morgan fingerprint density at radius 1 is 1.33 bits per heavy atom. The molecule has 2 N–H and O–H groups in total. The minimum atomic E-state index is -0.805. The highest BCUT2D eigenvalue weighted by Crippen LogP contribution is 2.14. The molecule has 0 aliphatic heterocycles. The number of hydrogen-bond acceptors (Lipinski definition) is 2. The first-order chi connectivity index (χ1) is 8.70. The molecule has 0 aliphatic carbocycles. The predicted molar refractivity (Wildman–Crippen MR) is 65.2 cm³/mol. The highest BCUT2D eigenvalue weighted by Gasteiger charge is 2.14. The van der Waals surface area contributed by atoms with Crippen LogP contribution in [0.5, 0.6) is 0 Å². The number of nitrogens with one attached hydrogen (secondary N) is 2. The van der Waals surface area contributed by atoms with Crippen LogP contribution in [0.15, 0.2) is 30.6 Å². The highest BCUT2D eigenvalue weighted by molar-refractivity contribution is 5.20. The molecule has 0 radical (unpaired) electrons. The summed E-state index contributed by atoms with van der Waals surface area (Å²) in [5.41, 5.74) is 0.376. The summed E-state index contributed by atoms with van der Waals surface area (Å²) in [5, 5.41) is 3.09. The monoisotopic (exact) mass is 251 g/mol. The summed E-state index contributed by atoms with van der Waals surface area (Å²) in [5.74, 6) is -0.747. The van der Waals surface area contributed by atoms with Crippen molar-refractivity contribution in [2.45, 2.75) is 18.9 Å². The molecule has 0 spiro atoms. The van der Waals surface area contributed by atoms with E-state index in [0.29, 0.717) is 18.4 Å². The maximum absolute atomic E-state index is 13.6. The number of likely N-dealkylation sites (N-methyl/N-ethyl adjacent to an activating group) is 1. The lowest BCUT2D eigenvalue weighted by Gasteiger charge is -2.15. The van der Waals surface area contributed by atoms with Crippen molar-refractivity contribution in [3.8, 4) is 0 Å². The fraction of sp³-hybridized carbons (Fsp3) is 0.308. The van der Waals surface area contributed by atoms with E-state index in [1.807, 2.05) is 0 Å². The number of imidazole rings is 1. The van der Waals surface area contributed by atoms with Gasteiger partial charge in [-0.2, -0.15) is 0 Å². The Hall–Kier alpha value is -1.75. The third-order valence-electron chi connectivity index (χ3n) is 2.90. The Bertz CT molecular complexity index is 497. The van der Waals surface area contributed by atoms with Gasteiger partial charge in [-0.3, -0.25) is 0 Å². The molecule has 3 nitrogen and oxygen atoms in total. The lowest BCUT2D eigenvalue weighted by atomic mass is 10.0. The van der Waals surface area contributed by atoms with E-state index in [-0.39, 0.29) is 6.04 Å². The van der Waals surface area contributed by atoms with E-state index >= 15 is 0 Å². The molecule has 0 fully saturated rings. The zero-order valence-electron chi connectivity index (χ0n) is 10.1. The SMILES string of the molecule is CNC(Cc1ncc[nH]1)Cc1cccc(F)c1F. The Labute approximate surface area is 104 Å². The number of benzene rings is 1. The van der Waals surface area contributed by atoms with Crippen LogP contribution in [-0.4, -0.2) is 23.1 Å². The molecule has 0 bridgehead atoms. The van der Waals surface area contributed by atoms with Gasteiger partial charge in [0.25, 0.3) is 0 Å². The van der Waals surface area contributed by atoms with E-state index in [2.05, 4.69) is 15.3 Å². The van der Waals surface area contributed by atoms with E-state index in [9.17, 15) is 8.78 Å². The van der Waals surface area contributed by atoms with Crippen LogP contribution in [0.4, 0.5) is 8.78 Å². The summed E-state index contributed by atoms with van der Waals surface area (Å²) in [7, 11) is 1.80. The number of hydrogen-bond donors (Lipinski definition) is 2. The first-order valence-corrected chi connectivity index (χ1v) is 5.79. The minimum Gasteiger partial charge on any atom is -0.349 e. The van der Waals surface area contributed by atoms with Crippen molar-refractivity contribution < 1.29 is 8.78 Å². The Morgan fingerprint density at radius 3 is 2.83 bits per heavy atom. The largest absolute Gasteiger partial charge is 0.349 e. The molecule has 1 atom stereocenters. The molecule has 1 unspecified atom stereocenters. The predicted octanol–water partition coefficient (Wildman–Crippen LogP) is 2.06. The Morgan fingerprint density at radius 2 is 2.17 bits per heavy atom. The van der Waals surface area contributed by atoms with Crippen LogP contribution in [-0.2, 0) is 12.8 Å². The van der Waals surface area contributed by atoms with Crippen LogP contribution < -0.4 is 5.32 Å². The molecule has 1 heterocycles. The van der Waals surface area contributed by atoms with Gasteiger partial charge >= 0.3 is 0 Å². The summed E-state index contributed by atoms with van der Waals surface area (Å²) in [4.78, 5) is 7.12. The van der Waals surface area contributed by atoms with Gasteiger partial charge in [-0.05, 0) is 25.1 Å². The van der Waals surface area contributed by atoms with E-state index in [4.69, 9.17) is 0 Å². The first kappa shape index (κ1) is 12.7. The summed E-state index contributed by atoms with van der Waals surface area (Å²) in [6.45, 7) is 0. The second-order valence-corrected chi connectivity index (χ2v) is 4.14. The smallest absolute Gasteiger partial charge is 0.162 e.